The van der Waals surface area contributed by atoms with Gasteiger partial charge in [-0.3, -0.25) is 9.20 Å². The number of hydrogen-bond donors (Lipinski definition) is 1. The molecule has 0 aliphatic carbocycles. The number of sulfonamides is 1. The molecular weight excluding hydrogens is 402 g/mol. The van der Waals surface area contributed by atoms with Crippen LogP contribution in [0.1, 0.15) is 24.2 Å². The molecule has 0 saturated carbocycles. The summed E-state index contributed by atoms with van der Waals surface area (Å²) in [5.74, 6) is 0.589. The molecule has 0 atom stereocenters. The fourth-order valence-electron chi connectivity index (χ4n) is 3.72. The second kappa shape index (κ2) is 8.53. The number of rotatable bonds is 6. The van der Waals surface area contributed by atoms with Crippen molar-refractivity contribution in [2.45, 2.75) is 31.1 Å². The number of aromatic nitrogens is 3. The van der Waals surface area contributed by atoms with E-state index in [9.17, 15) is 13.2 Å². The largest absolute Gasteiger partial charge is 0.355 e. The first-order chi connectivity index (χ1) is 14.4. The molecule has 1 N–H and O–H groups in total. The summed E-state index contributed by atoms with van der Waals surface area (Å²) in [6, 6.07) is 12.6. The highest BCUT2D eigenvalue weighted by Gasteiger charge is 2.31. The van der Waals surface area contributed by atoms with Gasteiger partial charge < -0.3 is 5.32 Å². The summed E-state index contributed by atoms with van der Waals surface area (Å²) in [6.07, 6.45) is 3.52. The number of fused-ring (bicyclic) bond motifs is 1. The first-order valence-electron chi connectivity index (χ1n) is 10.1. The third kappa shape index (κ3) is 4.22. The summed E-state index contributed by atoms with van der Waals surface area (Å²) in [4.78, 5) is 12.8. The number of carbonyl (C=O) groups excluding carboxylic acids is 1. The molecule has 2 aromatic heterocycles. The maximum absolute atomic E-state index is 12.8. The zero-order valence-electron chi connectivity index (χ0n) is 16.9. The molecule has 0 spiro atoms. The topological polar surface area (TPSA) is 96.7 Å². The Morgan fingerprint density at radius 1 is 1.10 bits per heavy atom. The Morgan fingerprint density at radius 2 is 1.83 bits per heavy atom. The fourth-order valence-corrected chi connectivity index (χ4v) is 5.19. The maximum Gasteiger partial charge on any atom is 0.243 e. The van der Waals surface area contributed by atoms with Crippen LogP contribution in [0.2, 0.25) is 0 Å². The summed E-state index contributed by atoms with van der Waals surface area (Å²) in [5.41, 5.74) is 1.80. The lowest BCUT2D eigenvalue weighted by atomic mass is 9.97. The molecule has 1 aliphatic rings. The highest BCUT2D eigenvalue weighted by Crippen LogP contribution is 2.24. The van der Waals surface area contributed by atoms with Gasteiger partial charge in [0.2, 0.25) is 15.9 Å². The van der Waals surface area contributed by atoms with Gasteiger partial charge in [-0.2, -0.15) is 4.31 Å². The number of piperidine rings is 1. The van der Waals surface area contributed by atoms with Crippen LogP contribution in [-0.4, -0.2) is 52.9 Å². The van der Waals surface area contributed by atoms with E-state index in [-0.39, 0.29) is 11.8 Å². The van der Waals surface area contributed by atoms with Crippen molar-refractivity contribution >= 4 is 21.6 Å². The average Bonchev–Trinajstić information content (AvgIpc) is 3.17. The van der Waals surface area contributed by atoms with Gasteiger partial charge in [0.25, 0.3) is 0 Å². The van der Waals surface area contributed by atoms with E-state index in [1.807, 2.05) is 35.7 Å². The van der Waals surface area contributed by atoms with Gasteiger partial charge in [0, 0.05) is 38.2 Å². The van der Waals surface area contributed by atoms with E-state index in [1.165, 1.54) is 4.31 Å². The van der Waals surface area contributed by atoms with E-state index < -0.39 is 10.0 Å². The van der Waals surface area contributed by atoms with Crippen molar-refractivity contribution in [1.29, 1.82) is 0 Å². The maximum atomic E-state index is 12.8. The van der Waals surface area contributed by atoms with Gasteiger partial charge in [-0.25, -0.2) is 8.42 Å². The van der Waals surface area contributed by atoms with Crippen LogP contribution in [0.3, 0.4) is 0 Å². The van der Waals surface area contributed by atoms with Gasteiger partial charge in [0.15, 0.2) is 5.65 Å². The fraction of sp³-hybridized carbons (Fsp3) is 0.381. The number of pyridine rings is 1. The van der Waals surface area contributed by atoms with E-state index in [2.05, 4.69) is 15.5 Å². The minimum atomic E-state index is -3.51. The number of carbonyl (C=O) groups is 1. The van der Waals surface area contributed by atoms with Crippen LogP contribution in [0.5, 0.6) is 0 Å². The summed E-state index contributed by atoms with van der Waals surface area (Å²) in [6.45, 7) is 3.09. The number of amides is 1. The van der Waals surface area contributed by atoms with Gasteiger partial charge in [-0.15, -0.1) is 10.2 Å². The van der Waals surface area contributed by atoms with Gasteiger partial charge in [0.1, 0.15) is 5.82 Å². The molecule has 1 aliphatic heterocycles. The van der Waals surface area contributed by atoms with Crippen LogP contribution in [-0.2, 0) is 21.2 Å². The number of benzene rings is 1. The Bertz CT molecular complexity index is 1130. The number of nitrogens with zero attached hydrogens (tertiary/aromatic N) is 4. The molecule has 3 aromatic rings. The second-order valence-corrected chi connectivity index (χ2v) is 9.52. The highest BCUT2D eigenvalue weighted by atomic mass is 32.2. The third-order valence-electron chi connectivity index (χ3n) is 5.52. The van der Waals surface area contributed by atoms with Crippen LogP contribution in [0.4, 0.5) is 0 Å². The third-order valence-corrected chi connectivity index (χ3v) is 7.43. The molecule has 8 nitrogen and oxygen atoms in total. The lowest BCUT2D eigenvalue weighted by molar-refractivity contribution is -0.126. The summed E-state index contributed by atoms with van der Waals surface area (Å²) < 4.78 is 29.0. The Labute approximate surface area is 176 Å². The van der Waals surface area contributed by atoms with Crippen molar-refractivity contribution in [3.05, 3.63) is 60.0 Å². The minimum absolute atomic E-state index is 0.0313. The molecule has 30 heavy (non-hydrogen) atoms. The van der Waals surface area contributed by atoms with Crippen molar-refractivity contribution in [2.24, 2.45) is 5.92 Å². The molecule has 1 fully saturated rings. The smallest absolute Gasteiger partial charge is 0.243 e. The molecule has 0 unspecified atom stereocenters. The second-order valence-electron chi connectivity index (χ2n) is 7.58. The molecule has 4 rings (SSSR count). The number of aryl methyl sites for hydroxylation is 1. The first-order valence-corrected chi connectivity index (χ1v) is 11.5. The Morgan fingerprint density at radius 3 is 2.57 bits per heavy atom. The van der Waals surface area contributed by atoms with Crippen molar-refractivity contribution in [3.8, 4) is 0 Å². The quantitative estimate of drug-likeness (QED) is 0.647. The summed E-state index contributed by atoms with van der Waals surface area (Å²) in [5, 5.41) is 11.2. The van der Waals surface area contributed by atoms with Crippen LogP contribution in [0.25, 0.3) is 5.65 Å². The van der Waals surface area contributed by atoms with Crippen LogP contribution < -0.4 is 5.32 Å². The Hall–Kier alpha value is -2.78. The molecule has 1 saturated heterocycles. The Balaban J connectivity index is 1.28. The predicted molar refractivity (Wildman–Crippen MR) is 112 cm³/mol. The monoisotopic (exact) mass is 427 g/mol. The summed E-state index contributed by atoms with van der Waals surface area (Å²) in [7, 11) is -3.51. The van der Waals surface area contributed by atoms with Gasteiger partial charge >= 0.3 is 0 Å². The van der Waals surface area contributed by atoms with Crippen LogP contribution >= 0.6 is 0 Å². The van der Waals surface area contributed by atoms with Gasteiger partial charge in [-0.1, -0.05) is 23.8 Å². The van der Waals surface area contributed by atoms with Crippen molar-refractivity contribution in [3.63, 3.8) is 0 Å². The SMILES string of the molecule is Cc1ccc(S(=O)(=O)N2CCC(C(=O)NCCc3nnc4ccccn34)CC2)cc1. The number of nitrogens with one attached hydrogen (secondary N) is 1. The van der Waals surface area contributed by atoms with E-state index >= 15 is 0 Å². The zero-order chi connectivity index (χ0) is 21.1. The molecule has 9 heteroatoms. The van der Waals surface area contributed by atoms with Crippen LogP contribution in [0, 0.1) is 12.8 Å². The predicted octanol–water partition coefficient (Wildman–Crippen LogP) is 1.80. The van der Waals surface area contributed by atoms with Gasteiger partial charge in [0.05, 0.1) is 4.90 Å². The van der Waals surface area contributed by atoms with Gasteiger partial charge in [-0.05, 0) is 44.0 Å². The highest BCUT2D eigenvalue weighted by molar-refractivity contribution is 7.89. The summed E-state index contributed by atoms with van der Waals surface area (Å²) >= 11 is 0. The molecule has 1 amide bonds. The molecule has 158 valence electrons. The molecular formula is C21H25N5O3S. The van der Waals surface area contributed by atoms with Crippen molar-refractivity contribution in [1.82, 2.24) is 24.2 Å². The lowest BCUT2D eigenvalue weighted by Gasteiger charge is -2.30. The van der Waals surface area contributed by atoms with E-state index in [4.69, 9.17) is 0 Å². The van der Waals surface area contributed by atoms with E-state index in [0.717, 1.165) is 17.0 Å². The van der Waals surface area contributed by atoms with E-state index in [0.29, 0.717) is 43.8 Å². The lowest BCUT2D eigenvalue weighted by Crippen LogP contribution is -2.43. The van der Waals surface area contributed by atoms with E-state index in [1.54, 1.807) is 24.3 Å². The number of hydrogen-bond acceptors (Lipinski definition) is 5. The average molecular weight is 428 g/mol. The standard InChI is InChI=1S/C21H25N5O3S/c1-16-5-7-18(8-6-16)30(28,29)25-14-10-17(11-15-25)21(27)22-12-9-20-24-23-19-4-2-3-13-26(19)20/h2-8,13,17H,9-12,14-15H2,1H3,(H,22,27). The van der Waals surface area contributed by atoms with Crippen molar-refractivity contribution < 1.29 is 13.2 Å². The van der Waals surface area contributed by atoms with Crippen molar-refractivity contribution in [2.75, 3.05) is 19.6 Å². The minimum Gasteiger partial charge on any atom is -0.355 e. The first kappa shape index (κ1) is 20.5. The molecule has 0 bridgehead atoms. The molecule has 1 aromatic carbocycles. The Kier molecular flexibility index (Phi) is 5.83. The molecule has 0 radical (unpaired) electrons. The normalized spacial score (nSPS) is 16.0. The zero-order valence-corrected chi connectivity index (χ0v) is 17.7. The molecule has 3 heterocycles. The van der Waals surface area contributed by atoms with Crippen LogP contribution in [0.15, 0.2) is 53.6 Å².